The number of aromatic nitrogens is 1. The number of carboxylic acids is 1. The number of hydrogen-bond acceptors (Lipinski definition) is 5. The first-order chi connectivity index (χ1) is 16.7. The predicted octanol–water partition coefficient (Wildman–Crippen LogP) is 3.97. The normalized spacial score (nSPS) is 16.5. The maximum Gasteiger partial charge on any atom is 0.326 e. The summed E-state index contributed by atoms with van der Waals surface area (Å²) in [5, 5.41) is 13.6. The monoisotopic (exact) mass is 493 g/mol. The van der Waals surface area contributed by atoms with E-state index in [-0.39, 0.29) is 23.4 Å². The lowest BCUT2D eigenvalue weighted by Gasteiger charge is -2.25. The predicted molar refractivity (Wildman–Crippen MR) is 140 cm³/mol. The highest BCUT2D eigenvalue weighted by atomic mass is 32.2. The number of fused-ring (bicyclic) bond motifs is 2. The molecule has 0 fully saturated rings. The fraction of sp³-hybridized carbons (Fsp3) is 0.370. The van der Waals surface area contributed by atoms with Crippen molar-refractivity contribution in [2.45, 2.75) is 38.1 Å². The summed E-state index contributed by atoms with van der Waals surface area (Å²) in [5.41, 5.74) is 5.19. The molecule has 3 aromatic rings. The van der Waals surface area contributed by atoms with Crippen LogP contribution in [0.15, 0.2) is 48.7 Å². The van der Waals surface area contributed by atoms with Crippen molar-refractivity contribution in [1.82, 2.24) is 10.3 Å². The summed E-state index contributed by atoms with van der Waals surface area (Å²) in [7, 11) is 3.99. The van der Waals surface area contributed by atoms with Crippen LogP contribution in [0.25, 0.3) is 10.9 Å². The summed E-state index contributed by atoms with van der Waals surface area (Å²) in [6, 6.07) is 12.9. The summed E-state index contributed by atoms with van der Waals surface area (Å²) < 4.78 is 0. The first-order valence-electron chi connectivity index (χ1n) is 11.8. The van der Waals surface area contributed by atoms with E-state index in [9.17, 15) is 19.5 Å². The van der Waals surface area contributed by atoms with E-state index < -0.39 is 17.9 Å². The SMILES string of the molecule is CC(=O)SCC(C(=O)NC(Cc1c[nH]c2ccccc12)C(=O)O)C1CCc2cc(N(C)C)ccc21. The van der Waals surface area contributed by atoms with Gasteiger partial charge in [0.2, 0.25) is 5.91 Å². The Hall–Kier alpha value is -3.26. The van der Waals surface area contributed by atoms with Gasteiger partial charge in [-0.3, -0.25) is 9.59 Å². The third-order valence-corrected chi connectivity index (χ3v) is 7.70. The molecule has 35 heavy (non-hydrogen) atoms. The van der Waals surface area contributed by atoms with Gasteiger partial charge in [-0.05, 0) is 53.6 Å². The Kier molecular flexibility index (Phi) is 7.50. The second kappa shape index (κ2) is 10.6. The topological polar surface area (TPSA) is 102 Å². The lowest BCUT2D eigenvalue weighted by atomic mass is 9.87. The van der Waals surface area contributed by atoms with Gasteiger partial charge >= 0.3 is 5.97 Å². The number of thioether (sulfide) groups is 1. The van der Waals surface area contributed by atoms with Crippen LogP contribution in [-0.4, -0.2) is 53.0 Å². The van der Waals surface area contributed by atoms with Crippen molar-refractivity contribution >= 4 is 45.3 Å². The number of carbonyl (C=O) groups excluding carboxylic acids is 2. The van der Waals surface area contributed by atoms with Crippen LogP contribution in [0.2, 0.25) is 0 Å². The van der Waals surface area contributed by atoms with Crippen molar-refractivity contribution < 1.29 is 19.5 Å². The molecule has 0 radical (unpaired) electrons. The summed E-state index contributed by atoms with van der Waals surface area (Å²) in [4.78, 5) is 42.6. The molecule has 3 N–H and O–H groups in total. The molecular formula is C27H31N3O4S. The molecule has 2 aromatic carbocycles. The standard InChI is InChI=1S/C27H31N3O4S/c1-16(31)35-15-23(22-10-8-17-12-19(30(2)3)9-11-20(17)22)26(32)29-25(27(33)34)13-18-14-28-24-7-5-4-6-21(18)24/h4-7,9,11-12,14,22-23,25,28H,8,10,13,15H2,1-3H3,(H,29,32)(H,33,34). The van der Waals surface area contributed by atoms with Gasteiger partial charge in [0, 0.05) is 56.0 Å². The summed E-state index contributed by atoms with van der Waals surface area (Å²) in [6.45, 7) is 1.49. The molecule has 184 valence electrons. The van der Waals surface area contributed by atoms with Gasteiger partial charge in [-0.25, -0.2) is 4.79 Å². The Balaban J connectivity index is 1.56. The average molecular weight is 494 g/mol. The van der Waals surface area contributed by atoms with Crippen LogP contribution >= 0.6 is 11.8 Å². The highest BCUT2D eigenvalue weighted by Crippen LogP contribution is 2.41. The number of nitrogens with one attached hydrogen (secondary N) is 2. The molecule has 1 aliphatic rings. The molecule has 3 atom stereocenters. The number of hydrogen-bond donors (Lipinski definition) is 3. The Bertz CT molecular complexity index is 1250. The molecule has 0 saturated carbocycles. The fourth-order valence-corrected chi connectivity index (χ4v) is 5.71. The molecule has 1 amide bonds. The van der Waals surface area contributed by atoms with Crippen molar-refractivity contribution in [3.8, 4) is 0 Å². The van der Waals surface area contributed by atoms with E-state index in [1.807, 2.05) is 49.3 Å². The number of aliphatic carboxylic acids is 1. The number of aryl methyl sites for hydroxylation is 1. The minimum absolute atomic E-state index is 0.0578. The summed E-state index contributed by atoms with van der Waals surface area (Å²) in [5.74, 6) is -1.64. The molecule has 0 bridgehead atoms. The maximum atomic E-state index is 13.5. The van der Waals surface area contributed by atoms with Crippen LogP contribution in [0.3, 0.4) is 0 Å². The number of carboxylic acid groups (broad SMARTS) is 1. The first kappa shape index (κ1) is 24.9. The number of amides is 1. The van der Waals surface area contributed by atoms with Gasteiger partial charge in [0.05, 0.1) is 5.92 Å². The van der Waals surface area contributed by atoms with Gasteiger partial charge in [-0.1, -0.05) is 36.0 Å². The van der Waals surface area contributed by atoms with Crippen LogP contribution in [0.4, 0.5) is 5.69 Å². The molecule has 4 rings (SSSR count). The van der Waals surface area contributed by atoms with Crippen LogP contribution in [0.5, 0.6) is 0 Å². The zero-order chi connectivity index (χ0) is 25.1. The van der Waals surface area contributed by atoms with Crippen molar-refractivity contribution in [3.05, 3.63) is 65.4 Å². The number of anilines is 1. The summed E-state index contributed by atoms with van der Waals surface area (Å²) in [6.07, 6.45) is 3.62. The smallest absolute Gasteiger partial charge is 0.326 e. The zero-order valence-electron chi connectivity index (χ0n) is 20.2. The molecule has 7 nitrogen and oxygen atoms in total. The number of benzene rings is 2. The molecule has 0 aliphatic heterocycles. The highest BCUT2D eigenvalue weighted by molar-refractivity contribution is 8.13. The molecule has 3 unspecified atom stereocenters. The molecule has 0 spiro atoms. The van der Waals surface area contributed by atoms with Gasteiger partial charge < -0.3 is 20.3 Å². The fourth-order valence-electron chi connectivity index (χ4n) is 4.91. The van der Waals surface area contributed by atoms with Gasteiger partial charge in [-0.2, -0.15) is 0 Å². The Morgan fingerprint density at radius 2 is 1.97 bits per heavy atom. The quantitative estimate of drug-likeness (QED) is 0.417. The van der Waals surface area contributed by atoms with Crippen LogP contribution in [0.1, 0.15) is 36.0 Å². The number of carbonyl (C=O) groups is 3. The minimum atomic E-state index is -1.08. The van der Waals surface area contributed by atoms with Gasteiger partial charge in [0.15, 0.2) is 5.12 Å². The number of aromatic amines is 1. The largest absolute Gasteiger partial charge is 0.480 e. The lowest BCUT2D eigenvalue weighted by molar-refractivity contribution is -0.142. The average Bonchev–Trinajstić information content (AvgIpc) is 3.42. The molecule has 0 saturated heterocycles. The second-order valence-corrected chi connectivity index (χ2v) is 10.5. The van der Waals surface area contributed by atoms with Crippen molar-refractivity contribution in [3.63, 3.8) is 0 Å². The Labute approximate surface area is 209 Å². The van der Waals surface area contributed by atoms with Gasteiger partial charge in [0.1, 0.15) is 6.04 Å². The maximum absolute atomic E-state index is 13.5. The number of rotatable bonds is 9. The zero-order valence-corrected chi connectivity index (χ0v) is 21.0. The van der Waals surface area contributed by atoms with E-state index in [2.05, 4.69) is 22.4 Å². The van der Waals surface area contributed by atoms with Crippen LogP contribution < -0.4 is 10.2 Å². The minimum Gasteiger partial charge on any atom is -0.480 e. The van der Waals surface area contributed by atoms with E-state index in [1.165, 1.54) is 12.5 Å². The van der Waals surface area contributed by atoms with E-state index in [0.717, 1.165) is 52.3 Å². The Morgan fingerprint density at radius 1 is 1.20 bits per heavy atom. The van der Waals surface area contributed by atoms with E-state index in [1.54, 1.807) is 6.20 Å². The molecule has 8 heteroatoms. The highest BCUT2D eigenvalue weighted by Gasteiger charge is 2.36. The van der Waals surface area contributed by atoms with E-state index in [4.69, 9.17) is 0 Å². The van der Waals surface area contributed by atoms with Crippen LogP contribution in [0, 0.1) is 5.92 Å². The third-order valence-electron chi connectivity index (χ3n) is 6.77. The van der Waals surface area contributed by atoms with Crippen LogP contribution in [-0.2, 0) is 27.2 Å². The van der Waals surface area contributed by atoms with E-state index in [0.29, 0.717) is 5.75 Å². The van der Waals surface area contributed by atoms with Crippen molar-refractivity contribution in [2.75, 3.05) is 24.7 Å². The molecule has 1 aromatic heterocycles. The molecule has 1 heterocycles. The van der Waals surface area contributed by atoms with E-state index >= 15 is 0 Å². The third kappa shape index (κ3) is 5.53. The summed E-state index contributed by atoms with van der Waals surface area (Å²) >= 11 is 1.12. The second-order valence-electron chi connectivity index (χ2n) is 9.29. The molecular weight excluding hydrogens is 462 g/mol. The lowest BCUT2D eigenvalue weighted by Crippen LogP contribution is -2.46. The van der Waals surface area contributed by atoms with Gasteiger partial charge in [-0.15, -0.1) is 0 Å². The Morgan fingerprint density at radius 3 is 2.69 bits per heavy atom. The number of H-pyrrole nitrogens is 1. The van der Waals surface area contributed by atoms with Crippen molar-refractivity contribution in [1.29, 1.82) is 0 Å². The molecule has 1 aliphatic carbocycles. The number of para-hydroxylation sites is 1. The van der Waals surface area contributed by atoms with Gasteiger partial charge in [0.25, 0.3) is 0 Å². The first-order valence-corrected chi connectivity index (χ1v) is 12.7. The van der Waals surface area contributed by atoms with Crippen molar-refractivity contribution in [2.24, 2.45) is 5.92 Å². The number of nitrogens with zero attached hydrogens (tertiary/aromatic N) is 1.